The van der Waals surface area contributed by atoms with Crippen molar-refractivity contribution in [2.45, 2.75) is 0 Å². The minimum atomic E-state index is -3.51. The minimum absolute atomic E-state index is 0.419. The molecule has 7 aromatic carbocycles. The largest absolute Gasteiger partial charge is 0.309 e. The molecule has 0 atom stereocenters. The van der Waals surface area contributed by atoms with Gasteiger partial charge < -0.3 is 9.13 Å². The summed E-state index contributed by atoms with van der Waals surface area (Å²) in [6.07, 6.45) is 0. The van der Waals surface area contributed by atoms with Crippen LogP contribution in [0.15, 0.2) is 146 Å². The maximum atomic E-state index is 14.9. The van der Waals surface area contributed by atoms with Crippen LogP contribution in [0, 0.1) is 23.3 Å². The Morgan fingerprint density at radius 1 is 0.304 bits per heavy atom. The highest BCUT2D eigenvalue weighted by Gasteiger charge is 2.32. The molecule has 7 aromatic rings. The van der Waals surface area contributed by atoms with E-state index in [-0.39, 0.29) is 0 Å². The highest BCUT2D eigenvalue weighted by Crippen LogP contribution is 2.45. The molecule has 0 N–H and O–H groups in total. The summed E-state index contributed by atoms with van der Waals surface area (Å²) in [7, 11) is -7.02. The van der Waals surface area contributed by atoms with Gasteiger partial charge in [-0.1, -0.05) is 36.4 Å². The maximum absolute atomic E-state index is 14.9. The average molecular weight is 651 g/mol. The molecule has 226 valence electrons. The van der Waals surface area contributed by atoms with Gasteiger partial charge in [0.25, 0.3) is 0 Å². The van der Waals surface area contributed by atoms with Gasteiger partial charge in [0.15, 0.2) is 14.3 Å². The first-order valence-corrected chi connectivity index (χ1v) is 17.8. The molecule has 0 heterocycles. The highest BCUT2D eigenvalue weighted by atomic mass is 31.2. The van der Waals surface area contributed by atoms with Gasteiger partial charge in [-0.3, -0.25) is 0 Å². The smallest absolute Gasteiger partial charge is 0.171 e. The monoisotopic (exact) mass is 650 g/mol. The number of fused-ring (bicyclic) bond motifs is 3. The normalized spacial score (nSPS) is 12.1. The molecule has 0 aliphatic rings. The Labute approximate surface area is 262 Å². The Bertz CT molecular complexity index is 2070. The van der Waals surface area contributed by atoms with E-state index < -0.39 is 37.6 Å². The van der Waals surface area contributed by atoms with Gasteiger partial charge in [0, 0.05) is 31.8 Å². The zero-order chi connectivity index (χ0) is 32.1. The standard InChI is InChI=1S/C38H24F4O2P2/c39-27-3-11-31(12-4-27)45(43,32-13-5-28(40)6-14-32)35-19-21-37-25(23-35)1-2-26-24-36(20-22-38(26)37)46(44,33-15-7-29(41)8-16-33)34-17-9-30(42)10-18-34/h1-24H. The predicted octanol–water partition coefficient (Wildman–Crippen LogP) is 7.83. The van der Waals surface area contributed by atoms with Gasteiger partial charge in [0.2, 0.25) is 0 Å². The van der Waals surface area contributed by atoms with Crippen molar-refractivity contribution in [3.63, 3.8) is 0 Å². The summed E-state index contributed by atoms with van der Waals surface area (Å²) in [4.78, 5) is 0. The van der Waals surface area contributed by atoms with Crippen molar-refractivity contribution in [1.82, 2.24) is 0 Å². The van der Waals surface area contributed by atoms with E-state index in [0.717, 1.165) is 21.5 Å². The molecule has 0 saturated carbocycles. The number of hydrogen-bond acceptors (Lipinski definition) is 2. The SMILES string of the molecule is O=P(c1ccc(F)cc1)(c1ccc(F)cc1)c1ccc2c(ccc3cc(P(=O)(c4ccc(F)cc4)c4ccc(F)cc4)ccc32)c1. The summed E-state index contributed by atoms with van der Waals surface area (Å²) in [5.74, 6) is -1.83. The van der Waals surface area contributed by atoms with Gasteiger partial charge in [-0.2, -0.15) is 0 Å². The van der Waals surface area contributed by atoms with E-state index in [1.165, 1.54) is 97.1 Å². The summed E-state index contributed by atoms with van der Waals surface area (Å²) in [6.45, 7) is 0. The van der Waals surface area contributed by atoms with Crippen molar-refractivity contribution in [1.29, 1.82) is 0 Å². The summed E-state index contributed by atoms with van der Waals surface area (Å²) in [5, 5.41) is 5.99. The first-order chi connectivity index (χ1) is 22.2. The van der Waals surface area contributed by atoms with Crippen LogP contribution < -0.4 is 31.8 Å². The van der Waals surface area contributed by atoms with Crippen molar-refractivity contribution in [2.75, 3.05) is 0 Å². The quantitative estimate of drug-likeness (QED) is 0.105. The van der Waals surface area contributed by atoms with E-state index >= 15 is 0 Å². The van der Waals surface area contributed by atoms with Crippen LogP contribution in [0.4, 0.5) is 17.6 Å². The van der Waals surface area contributed by atoms with E-state index in [1.54, 1.807) is 12.1 Å². The summed E-state index contributed by atoms with van der Waals surface area (Å²) >= 11 is 0. The molecule has 0 radical (unpaired) electrons. The van der Waals surface area contributed by atoms with E-state index in [4.69, 9.17) is 0 Å². The van der Waals surface area contributed by atoms with Crippen LogP contribution >= 0.6 is 14.3 Å². The maximum Gasteiger partial charge on any atom is 0.171 e. The summed E-state index contributed by atoms with van der Waals surface area (Å²) in [5.41, 5.74) is 0. The van der Waals surface area contributed by atoms with Crippen LogP contribution in [0.2, 0.25) is 0 Å². The van der Waals surface area contributed by atoms with E-state index in [0.29, 0.717) is 31.8 Å². The van der Waals surface area contributed by atoms with Crippen molar-refractivity contribution in [2.24, 2.45) is 0 Å². The number of halogens is 4. The highest BCUT2D eigenvalue weighted by molar-refractivity contribution is 7.85. The Balaban J connectivity index is 1.38. The zero-order valence-electron chi connectivity index (χ0n) is 24.1. The Morgan fingerprint density at radius 2 is 0.543 bits per heavy atom. The van der Waals surface area contributed by atoms with Crippen molar-refractivity contribution >= 4 is 67.7 Å². The Kier molecular flexibility index (Phi) is 7.51. The number of benzene rings is 7. The van der Waals surface area contributed by atoms with Gasteiger partial charge in [0.05, 0.1) is 0 Å². The second-order valence-electron chi connectivity index (χ2n) is 11.0. The minimum Gasteiger partial charge on any atom is -0.309 e. The van der Waals surface area contributed by atoms with Crippen LogP contribution in [0.25, 0.3) is 21.5 Å². The molecule has 0 fully saturated rings. The van der Waals surface area contributed by atoms with E-state index in [9.17, 15) is 26.7 Å². The van der Waals surface area contributed by atoms with Crippen LogP contribution in [-0.2, 0) is 9.13 Å². The Hall–Kier alpha value is -4.76. The molecule has 0 aliphatic carbocycles. The lowest BCUT2D eigenvalue weighted by atomic mass is 10.0. The fourth-order valence-corrected chi connectivity index (χ4v) is 11.2. The second kappa shape index (κ2) is 11.6. The summed E-state index contributed by atoms with van der Waals surface area (Å²) < 4.78 is 85.1. The molecule has 7 rings (SSSR count). The van der Waals surface area contributed by atoms with Crippen molar-refractivity contribution < 1.29 is 26.7 Å². The lowest BCUT2D eigenvalue weighted by molar-refractivity contribution is 0.591. The van der Waals surface area contributed by atoms with Crippen LogP contribution in [0.3, 0.4) is 0 Å². The molecule has 0 unspecified atom stereocenters. The van der Waals surface area contributed by atoms with Crippen LogP contribution in [0.5, 0.6) is 0 Å². The molecule has 2 nitrogen and oxygen atoms in total. The fourth-order valence-electron chi connectivity index (χ4n) is 5.94. The number of hydrogen-bond donors (Lipinski definition) is 0. The molecule has 0 spiro atoms. The topological polar surface area (TPSA) is 34.1 Å². The molecule has 0 saturated heterocycles. The zero-order valence-corrected chi connectivity index (χ0v) is 25.9. The molecule has 46 heavy (non-hydrogen) atoms. The average Bonchev–Trinajstić information content (AvgIpc) is 3.08. The number of rotatable bonds is 6. The summed E-state index contributed by atoms with van der Waals surface area (Å²) in [6, 6.07) is 36.7. The van der Waals surface area contributed by atoms with Gasteiger partial charge in [-0.05, 0) is 131 Å². The lowest BCUT2D eigenvalue weighted by Gasteiger charge is -2.22. The van der Waals surface area contributed by atoms with Crippen LogP contribution in [0.1, 0.15) is 0 Å². The lowest BCUT2D eigenvalue weighted by Crippen LogP contribution is -2.25. The van der Waals surface area contributed by atoms with E-state index in [1.807, 2.05) is 36.4 Å². The molecule has 0 aliphatic heterocycles. The molecular weight excluding hydrogens is 626 g/mol. The van der Waals surface area contributed by atoms with Gasteiger partial charge in [-0.15, -0.1) is 0 Å². The molecule has 0 amide bonds. The third-order valence-electron chi connectivity index (χ3n) is 8.29. The second-order valence-corrected chi connectivity index (χ2v) is 16.5. The van der Waals surface area contributed by atoms with Crippen molar-refractivity contribution in [3.8, 4) is 0 Å². The van der Waals surface area contributed by atoms with E-state index in [2.05, 4.69) is 0 Å². The Morgan fingerprint density at radius 3 is 0.804 bits per heavy atom. The fraction of sp³-hybridized carbons (Fsp3) is 0. The third kappa shape index (κ3) is 5.08. The molecular formula is C38H24F4O2P2. The van der Waals surface area contributed by atoms with Crippen molar-refractivity contribution in [3.05, 3.63) is 169 Å². The first kappa shape index (κ1) is 29.9. The predicted molar refractivity (Wildman–Crippen MR) is 180 cm³/mol. The third-order valence-corrected chi connectivity index (χ3v) is 14.4. The molecule has 0 aromatic heterocycles. The first-order valence-electron chi connectivity index (χ1n) is 14.4. The van der Waals surface area contributed by atoms with Crippen LogP contribution in [-0.4, -0.2) is 0 Å². The van der Waals surface area contributed by atoms with Gasteiger partial charge >= 0.3 is 0 Å². The van der Waals surface area contributed by atoms with Gasteiger partial charge in [0.1, 0.15) is 23.3 Å². The van der Waals surface area contributed by atoms with Gasteiger partial charge in [-0.25, -0.2) is 17.6 Å². The molecule has 0 bridgehead atoms. The molecule has 8 heteroatoms.